The summed E-state index contributed by atoms with van der Waals surface area (Å²) in [4.78, 5) is 5.09. The van der Waals surface area contributed by atoms with Crippen LogP contribution in [0.1, 0.15) is 39.5 Å². The van der Waals surface area contributed by atoms with Crippen LogP contribution in [0.4, 0.5) is 0 Å². The van der Waals surface area contributed by atoms with Crippen molar-refractivity contribution in [3.63, 3.8) is 0 Å². The van der Waals surface area contributed by atoms with Gasteiger partial charge in [-0.15, -0.1) is 0 Å². The van der Waals surface area contributed by atoms with E-state index in [1.165, 1.54) is 32.4 Å². The highest BCUT2D eigenvalue weighted by Crippen LogP contribution is 2.22. The molecular weight excluding hydrogens is 200 g/mol. The second kappa shape index (κ2) is 5.03. The lowest BCUT2D eigenvalue weighted by Crippen LogP contribution is -2.57. The fourth-order valence-electron chi connectivity index (χ4n) is 2.96. The quantitative estimate of drug-likeness (QED) is 0.786. The van der Waals surface area contributed by atoms with E-state index in [0.717, 1.165) is 32.1 Å². The summed E-state index contributed by atoms with van der Waals surface area (Å²) in [7, 11) is 0. The van der Waals surface area contributed by atoms with Crippen LogP contribution in [0, 0.1) is 0 Å². The normalized spacial score (nSPS) is 32.1. The first-order valence-electron chi connectivity index (χ1n) is 6.79. The van der Waals surface area contributed by atoms with E-state index >= 15 is 0 Å². The van der Waals surface area contributed by atoms with Gasteiger partial charge >= 0.3 is 0 Å². The van der Waals surface area contributed by atoms with Gasteiger partial charge in [0.15, 0.2) is 0 Å². The van der Waals surface area contributed by atoms with Crippen molar-refractivity contribution in [3.05, 3.63) is 0 Å². The van der Waals surface area contributed by atoms with Gasteiger partial charge < -0.3 is 5.11 Å². The van der Waals surface area contributed by atoms with E-state index in [4.69, 9.17) is 0 Å². The molecule has 2 heterocycles. The standard InChI is InChI=1S/C13H26N2O/c1-3-13(2,16)11-14-8-9-15-7-5-4-6-12(15)10-14/h12,16H,3-11H2,1-2H3. The summed E-state index contributed by atoms with van der Waals surface area (Å²) in [5.41, 5.74) is -0.503. The van der Waals surface area contributed by atoms with Crippen LogP contribution < -0.4 is 0 Å². The van der Waals surface area contributed by atoms with Crippen LogP contribution in [-0.2, 0) is 0 Å². The van der Waals surface area contributed by atoms with Crippen LogP contribution >= 0.6 is 0 Å². The molecule has 1 N–H and O–H groups in total. The minimum Gasteiger partial charge on any atom is -0.389 e. The van der Waals surface area contributed by atoms with E-state index < -0.39 is 5.60 Å². The molecule has 0 amide bonds. The second-order valence-electron chi connectivity index (χ2n) is 5.77. The SMILES string of the molecule is CCC(C)(O)CN1CCN2CCCCC2C1. The monoisotopic (exact) mass is 226 g/mol. The lowest BCUT2D eigenvalue weighted by atomic mass is 9.97. The highest BCUT2D eigenvalue weighted by molar-refractivity contribution is 4.87. The zero-order chi connectivity index (χ0) is 11.6. The molecule has 2 fully saturated rings. The van der Waals surface area contributed by atoms with Crippen molar-refractivity contribution >= 4 is 0 Å². The third-order valence-corrected chi connectivity index (χ3v) is 4.25. The summed E-state index contributed by atoms with van der Waals surface area (Å²) in [5.74, 6) is 0. The summed E-state index contributed by atoms with van der Waals surface area (Å²) < 4.78 is 0. The molecule has 0 spiro atoms. The van der Waals surface area contributed by atoms with E-state index in [2.05, 4.69) is 16.7 Å². The molecule has 0 aromatic carbocycles. The first-order valence-corrected chi connectivity index (χ1v) is 6.79. The van der Waals surface area contributed by atoms with E-state index in [1.807, 2.05) is 6.92 Å². The van der Waals surface area contributed by atoms with Crippen molar-refractivity contribution in [1.82, 2.24) is 9.80 Å². The van der Waals surface area contributed by atoms with E-state index in [9.17, 15) is 5.11 Å². The number of aliphatic hydroxyl groups is 1. The molecule has 2 atom stereocenters. The summed E-state index contributed by atoms with van der Waals surface area (Å²) in [5, 5.41) is 10.1. The molecule has 94 valence electrons. The van der Waals surface area contributed by atoms with Gasteiger partial charge in [0.2, 0.25) is 0 Å². The molecule has 2 aliphatic heterocycles. The molecule has 0 aliphatic carbocycles. The molecule has 16 heavy (non-hydrogen) atoms. The minimum absolute atomic E-state index is 0.503. The molecule has 0 saturated carbocycles. The Morgan fingerprint density at radius 2 is 2.06 bits per heavy atom. The van der Waals surface area contributed by atoms with Crippen LogP contribution in [0.25, 0.3) is 0 Å². The summed E-state index contributed by atoms with van der Waals surface area (Å²) in [6.07, 6.45) is 4.96. The minimum atomic E-state index is -0.503. The Labute approximate surface area is 99.4 Å². The average molecular weight is 226 g/mol. The Bertz CT molecular complexity index is 230. The van der Waals surface area contributed by atoms with Crippen LogP contribution in [0.5, 0.6) is 0 Å². The average Bonchev–Trinajstić information content (AvgIpc) is 2.28. The van der Waals surface area contributed by atoms with E-state index in [0.29, 0.717) is 0 Å². The van der Waals surface area contributed by atoms with Gasteiger partial charge in [0.05, 0.1) is 5.60 Å². The molecule has 2 rings (SSSR count). The highest BCUT2D eigenvalue weighted by atomic mass is 16.3. The van der Waals surface area contributed by atoms with Gasteiger partial charge in [0.1, 0.15) is 0 Å². The number of piperazine rings is 1. The number of fused-ring (bicyclic) bond motifs is 1. The molecule has 0 aromatic rings. The van der Waals surface area contributed by atoms with Gasteiger partial charge in [-0.25, -0.2) is 0 Å². The fourth-order valence-corrected chi connectivity index (χ4v) is 2.96. The Balaban J connectivity index is 1.85. The molecule has 2 aliphatic rings. The highest BCUT2D eigenvalue weighted by Gasteiger charge is 2.31. The summed E-state index contributed by atoms with van der Waals surface area (Å²) >= 11 is 0. The van der Waals surface area contributed by atoms with Gasteiger partial charge in [-0.3, -0.25) is 9.80 Å². The summed E-state index contributed by atoms with van der Waals surface area (Å²) in [6, 6.07) is 0.759. The van der Waals surface area contributed by atoms with Crippen molar-refractivity contribution in [1.29, 1.82) is 0 Å². The van der Waals surface area contributed by atoms with E-state index in [-0.39, 0.29) is 0 Å². The Hall–Kier alpha value is -0.120. The first kappa shape index (κ1) is 12.3. The topological polar surface area (TPSA) is 26.7 Å². The third kappa shape index (κ3) is 2.96. The number of hydrogen-bond acceptors (Lipinski definition) is 3. The van der Waals surface area contributed by atoms with E-state index in [1.54, 1.807) is 0 Å². The number of hydrogen-bond donors (Lipinski definition) is 1. The first-order chi connectivity index (χ1) is 7.61. The molecule has 3 heteroatoms. The van der Waals surface area contributed by atoms with Gasteiger partial charge in [0, 0.05) is 32.2 Å². The Morgan fingerprint density at radius 1 is 1.25 bits per heavy atom. The molecule has 0 radical (unpaired) electrons. The lowest BCUT2D eigenvalue weighted by Gasteiger charge is -2.45. The lowest BCUT2D eigenvalue weighted by molar-refractivity contribution is -0.0192. The largest absolute Gasteiger partial charge is 0.389 e. The predicted molar refractivity (Wildman–Crippen MR) is 66.6 cm³/mol. The van der Waals surface area contributed by atoms with Gasteiger partial charge in [-0.2, -0.15) is 0 Å². The molecular formula is C13H26N2O. The summed E-state index contributed by atoms with van der Waals surface area (Å²) in [6.45, 7) is 9.65. The smallest absolute Gasteiger partial charge is 0.0743 e. The maximum Gasteiger partial charge on any atom is 0.0743 e. The molecule has 0 bridgehead atoms. The maximum absolute atomic E-state index is 10.1. The second-order valence-corrected chi connectivity index (χ2v) is 5.77. The number of β-amino-alcohol motifs (C(OH)–C–C–N with tert-alkyl or cyclic N) is 1. The maximum atomic E-state index is 10.1. The van der Waals surface area contributed by atoms with Crippen LogP contribution in [-0.4, -0.2) is 59.3 Å². The van der Waals surface area contributed by atoms with Crippen molar-refractivity contribution < 1.29 is 5.11 Å². The van der Waals surface area contributed by atoms with Crippen molar-refractivity contribution in [2.45, 2.75) is 51.2 Å². The predicted octanol–water partition coefficient (Wildman–Crippen LogP) is 1.32. The Morgan fingerprint density at radius 3 is 2.81 bits per heavy atom. The molecule has 0 aromatic heterocycles. The molecule has 2 saturated heterocycles. The van der Waals surface area contributed by atoms with Crippen LogP contribution in [0.3, 0.4) is 0 Å². The van der Waals surface area contributed by atoms with Gasteiger partial charge in [-0.1, -0.05) is 13.3 Å². The van der Waals surface area contributed by atoms with Gasteiger partial charge in [0.25, 0.3) is 0 Å². The van der Waals surface area contributed by atoms with Crippen LogP contribution in [0.15, 0.2) is 0 Å². The van der Waals surface area contributed by atoms with Gasteiger partial charge in [-0.05, 0) is 32.7 Å². The molecule has 2 unspecified atom stereocenters. The molecule has 3 nitrogen and oxygen atoms in total. The Kier molecular flexibility index (Phi) is 3.88. The number of piperidine rings is 1. The van der Waals surface area contributed by atoms with Crippen molar-refractivity contribution in [2.24, 2.45) is 0 Å². The fraction of sp³-hybridized carbons (Fsp3) is 1.00. The van der Waals surface area contributed by atoms with Crippen LogP contribution in [0.2, 0.25) is 0 Å². The van der Waals surface area contributed by atoms with Crippen molar-refractivity contribution in [3.8, 4) is 0 Å². The zero-order valence-electron chi connectivity index (χ0n) is 10.8. The zero-order valence-corrected chi connectivity index (χ0v) is 10.8. The number of rotatable bonds is 3. The third-order valence-electron chi connectivity index (χ3n) is 4.25. The number of nitrogens with zero attached hydrogens (tertiary/aromatic N) is 2. The van der Waals surface area contributed by atoms with Crippen molar-refractivity contribution in [2.75, 3.05) is 32.7 Å².